The molecule has 3 aromatic rings. The molecule has 1 amide bonds. The lowest BCUT2D eigenvalue weighted by atomic mass is 10.1. The number of halogens is 1. The summed E-state index contributed by atoms with van der Waals surface area (Å²) in [6.45, 7) is 1.55. The molecule has 28 heavy (non-hydrogen) atoms. The van der Waals surface area contributed by atoms with Crippen molar-refractivity contribution in [3.63, 3.8) is 0 Å². The number of para-hydroxylation sites is 1. The second-order valence-electron chi connectivity index (χ2n) is 6.61. The molecular weight excluding hydrogens is 416 g/mol. The SMILES string of the molecule is CN(Cc1ccccc1)Cc1ccccc1OCC(=O)Nc1ccc(Br)cc1. The molecule has 0 saturated heterocycles. The van der Waals surface area contributed by atoms with E-state index in [4.69, 9.17) is 4.74 Å². The number of nitrogens with one attached hydrogen (secondary N) is 1. The van der Waals surface area contributed by atoms with Crippen molar-refractivity contribution in [2.45, 2.75) is 13.1 Å². The molecule has 0 aliphatic carbocycles. The number of benzene rings is 3. The average molecular weight is 439 g/mol. The molecule has 0 bridgehead atoms. The van der Waals surface area contributed by atoms with Gasteiger partial charge in [-0.15, -0.1) is 0 Å². The molecule has 1 N–H and O–H groups in total. The molecule has 0 aromatic heterocycles. The fourth-order valence-electron chi connectivity index (χ4n) is 2.89. The number of anilines is 1. The summed E-state index contributed by atoms with van der Waals surface area (Å²) in [5.74, 6) is 0.545. The molecule has 144 valence electrons. The van der Waals surface area contributed by atoms with Gasteiger partial charge in [0.1, 0.15) is 5.75 Å². The fourth-order valence-corrected chi connectivity index (χ4v) is 3.15. The van der Waals surface area contributed by atoms with Gasteiger partial charge in [-0.3, -0.25) is 9.69 Å². The van der Waals surface area contributed by atoms with Crippen LogP contribution in [0.5, 0.6) is 5.75 Å². The highest BCUT2D eigenvalue weighted by Crippen LogP contribution is 2.20. The van der Waals surface area contributed by atoms with Crippen molar-refractivity contribution in [1.29, 1.82) is 0 Å². The number of carbonyl (C=O) groups excluding carboxylic acids is 1. The third kappa shape index (κ3) is 6.22. The van der Waals surface area contributed by atoms with Gasteiger partial charge in [0.15, 0.2) is 6.61 Å². The van der Waals surface area contributed by atoms with Crippen molar-refractivity contribution in [3.05, 3.63) is 94.5 Å². The summed E-state index contributed by atoms with van der Waals surface area (Å²) < 4.78 is 6.77. The zero-order chi connectivity index (χ0) is 19.8. The van der Waals surface area contributed by atoms with E-state index in [9.17, 15) is 4.79 Å². The van der Waals surface area contributed by atoms with E-state index in [2.05, 4.69) is 45.3 Å². The van der Waals surface area contributed by atoms with E-state index in [1.807, 2.05) is 66.7 Å². The van der Waals surface area contributed by atoms with Crippen LogP contribution >= 0.6 is 15.9 Å². The van der Waals surface area contributed by atoms with Crippen molar-refractivity contribution >= 4 is 27.5 Å². The molecule has 0 spiro atoms. The first-order valence-corrected chi connectivity index (χ1v) is 9.88. The second kappa shape index (κ2) is 10.1. The van der Waals surface area contributed by atoms with Crippen LogP contribution in [0.3, 0.4) is 0 Å². The van der Waals surface area contributed by atoms with Crippen LogP contribution in [0.2, 0.25) is 0 Å². The predicted octanol–water partition coefficient (Wildman–Crippen LogP) is 5.10. The first-order chi connectivity index (χ1) is 13.6. The quantitative estimate of drug-likeness (QED) is 0.531. The van der Waals surface area contributed by atoms with Gasteiger partial charge in [0, 0.05) is 28.8 Å². The van der Waals surface area contributed by atoms with Crippen molar-refractivity contribution in [2.75, 3.05) is 19.0 Å². The Hall–Kier alpha value is -2.63. The van der Waals surface area contributed by atoms with Crippen LogP contribution < -0.4 is 10.1 Å². The Morgan fingerprint density at radius 3 is 2.36 bits per heavy atom. The smallest absolute Gasteiger partial charge is 0.262 e. The highest BCUT2D eigenvalue weighted by molar-refractivity contribution is 9.10. The molecule has 0 atom stereocenters. The van der Waals surface area contributed by atoms with Crippen LogP contribution in [-0.4, -0.2) is 24.5 Å². The van der Waals surface area contributed by atoms with Crippen LogP contribution in [0.25, 0.3) is 0 Å². The summed E-state index contributed by atoms with van der Waals surface area (Å²) in [6, 6.07) is 25.6. The zero-order valence-electron chi connectivity index (χ0n) is 15.8. The molecule has 3 aromatic carbocycles. The molecule has 5 heteroatoms. The number of hydrogen-bond donors (Lipinski definition) is 1. The Bertz CT molecular complexity index is 898. The van der Waals surface area contributed by atoms with Crippen LogP contribution in [0.1, 0.15) is 11.1 Å². The van der Waals surface area contributed by atoms with Crippen molar-refractivity contribution in [1.82, 2.24) is 4.90 Å². The van der Waals surface area contributed by atoms with Gasteiger partial charge in [-0.05, 0) is 42.9 Å². The van der Waals surface area contributed by atoms with Gasteiger partial charge in [0.25, 0.3) is 5.91 Å². The van der Waals surface area contributed by atoms with Gasteiger partial charge in [-0.25, -0.2) is 0 Å². The summed E-state index contributed by atoms with van der Waals surface area (Å²) in [5.41, 5.74) is 3.06. The van der Waals surface area contributed by atoms with E-state index in [1.54, 1.807) is 0 Å². The van der Waals surface area contributed by atoms with Gasteiger partial charge in [-0.1, -0.05) is 64.5 Å². The highest BCUT2D eigenvalue weighted by Gasteiger charge is 2.09. The molecule has 3 rings (SSSR count). The van der Waals surface area contributed by atoms with E-state index in [1.165, 1.54) is 5.56 Å². The average Bonchev–Trinajstić information content (AvgIpc) is 2.70. The minimum Gasteiger partial charge on any atom is -0.483 e. The monoisotopic (exact) mass is 438 g/mol. The number of ether oxygens (including phenoxy) is 1. The van der Waals surface area contributed by atoms with E-state index in [-0.39, 0.29) is 12.5 Å². The third-order valence-corrected chi connectivity index (χ3v) is 4.72. The van der Waals surface area contributed by atoms with Gasteiger partial charge in [-0.2, -0.15) is 0 Å². The molecule has 0 fully saturated rings. The van der Waals surface area contributed by atoms with Crippen LogP contribution in [0.15, 0.2) is 83.3 Å². The summed E-state index contributed by atoms with van der Waals surface area (Å²) in [4.78, 5) is 14.4. The van der Waals surface area contributed by atoms with Gasteiger partial charge in [0.2, 0.25) is 0 Å². The second-order valence-corrected chi connectivity index (χ2v) is 7.53. The number of carbonyl (C=O) groups is 1. The number of amides is 1. The topological polar surface area (TPSA) is 41.6 Å². The maximum Gasteiger partial charge on any atom is 0.262 e. The van der Waals surface area contributed by atoms with E-state index in [0.717, 1.165) is 34.6 Å². The zero-order valence-corrected chi connectivity index (χ0v) is 17.4. The standard InChI is InChI=1S/C23H23BrN2O2/c1-26(15-18-7-3-2-4-8-18)16-19-9-5-6-10-22(19)28-17-23(27)25-21-13-11-20(24)12-14-21/h2-14H,15-17H2,1H3,(H,25,27). The van der Waals surface area contributed by atoms with Gasteiger partial charge < -0.3 is 10.1 Å². The number of hydrogen-bond acceptors (Lipinski definition) is 3. The normalized spacial score (nSPS) is 10.7. The van der Waals surface area contributed by atoms with E-state index in [0.29, 0.717) is 0 Å². The molecule has 0 aliphatic rings. The van der Waals surface area contributed by atoms with Crippen LogP contribution in [0, 0.1) is 0 Å². The van der Waals surface area contributed by atoms with Crippen molar-refractivity contribution in [2.24, 2.45) is 0 Å². The Kier molecular flexibility index (Phi) is 7.23. The molecular formula is C23H23BrN2O2. The Morgan fingerprint density at radius 2 is 1.61 bits per heavy atom. The summed E-state index contributed by atoms with van der Waals surface area (Å²) in [7, 11) is 2.07. The molecule has 0 radical (unpaired) electrons. The third-order valence-electron chi connectivity index (χ3n) is 4.19. The molecule has 0 heterocycles. The van der Waals surface area contributed by atoms with Gasteiger partial charge in [0.05, 0.1) is 0 Å². The maximum absolute atomic E-state index is 12.2. The van der Waals surface area contributed by atoms with Crippen LogP contribution in [-0.2, 0) is 17.9 Å². The predicted molar refractivity (Wildman–Crippen MR) is 116 cm³/mol. The highest BCUT2D eigenvalue weighted by atomic mass is 79.9. The Morgan fingerprint density at radius 1 is 0.929 bits per heavy atom. The summed E-state index contributed by atoms with van der Waals surface area (Å²) in [5, 5.41) is 2.84. The van der Waals surface area contributed by atoms with Crippen molar-refractivity contribution in [3.8, 4) is 5.75 Å². The molecule has 0 saturated carbocycles. The Labute approximate surface area is 174 Å². The first kappa shape index (κ1) is 20.1. The molecule has 4 nitrogen and oxygen atoms in total. The minimum atomic E-state index is -0.185. The lowest BCUT2D eigenvalue weighted by Crippen LogP contribution is -2.21. The fraction of sp³-hybridized carbons (Fsp3) is 0.174. The lowest BCUT2D eigenvalue weighted by molar-refractivity contribution is -0.118. The molecule has 0 aliphatic heterocycles. The lowest BCUT2D eigenvalue weighted by Gasteiger charge is -2.19. The number of rotatable bonds is 8. The van der Waals surface area contributed by atoms with E-state index >= 15 is 0 Å². The van der Waals surface area contributed by atoms with Crippen LogP contribution in [0.4, 0.5) is 5.69 Å². The number of nitrogens with zero attached hydrogens (tertiary/aromatic N) is 1. The Balaban J connectivity index is 1.55. The minimum absolute atomic E-state index is 0.0323. The summed E-state index contributed by atoms with van der Waals surface area (Å²) in [6.07, 6.45) is 0. The van der Waals surface area contributed by atoms with Crippen molar-refractivity contribution < 1.29 is 9.53 Å². The molecule has 0 unspecified atom stereocenters. The first-order valence-electron chi connectivity index (χ1n) is 9.09. The van der Waals surface area contributed by atoms with Gasteiger partial charge >= 0.3 is 0 Å². The van der Waals surface area contributed by atoms with E-state index < -0.39 is 0 Å². The largest absolute Gasteiger partial charge is 0.483 e. The maximum atomic E-state index is 12.2. The summed E-state index contributed by atoms with van der Waals surface area (Å²) >= 11 is 3.38.